The number of aliphatic hydroxyl groups is 1. The maximum Gasteiger partial charge on any atom is 0.254 e. The van der Waals surface area contributed by atoms with Crippen molar-refractivity contribution >= 4 is 34.7 Å². The van der Waals surface area contributed by atoms with E-state index >= 15 is 0 Å². The zero-order valence-electron chi connectivity index (χ0n) is 21.2. The molecule has 5 rings (SSSR count). The molecule has 2 fully saturated rings. The van der Waals surface area contributed by atoms with E-state index < -0.39 is 28.7 Å². The maximum atomic E-state index is 14.5. The molecule has 1 aliphatic carbocycles. The molecule has 38 heavy (non-hydrogen) atoms. The van der Waals surface area contributed by atoms with Crippen molar-refractivity contribution in [3.63, 3.8) is 0 Å². The summed E-state index contributed by atoms with van der Waals surface area (Å²) in [5, 5.41) is 17.0. The number of aromatic nitrogens is 4. The minimum atomic E-state index is -1.51. The van der Waals surface area contributed by atoms with Gasteiger partial charge >= 0.3 is 0 Å². The normalized spacial score (nSPS) is 22.2. The number of imidazole rings is 1. The van der Waals surface area contributed by atoms with Gasteiger partial charge in [0.05, 0.1) is 19.4 Å². The van der Waals surface area contributed by atoms with Crippen LogP contribution < -0.4 is 10.6 Å². The van der Waals surface area contributed by atoms with E-state index in [1.807, 2.05) is 13.8 Å². The van der Waals surface area contributed by atoms with Crippen molar-refractivity contribution < 1.29 is 27.8 Å². The summed E-state index contributed by atoms with van der Waals surface area (Å²) in [6, 6.07) is 0.926. The van der Waals surface area contributed by atoms with Crippen LogP contribution in [0.25, 0.3) is 11.2 Å². The number of anilines is 3. The number of nitrogens with zero attached hydrogens (tertiary/aromatic N) is 5. The Hall–Kier alpha value is -3.45. The van der Waals surface area contributed by atoms with Gasteiger partial charge < -0.3 is 25.4 Å². The first-order chi connectivity index (χ1) is 18.1. The second-order valence-corrected chi connectivity index (χ2v) is 10.0. The number of fused-ring (bicyclic) bond motifs is 1. The average molecular weight is 534 g/mol. The molecule has 10 nitrogen and oxygen atoms in total. The molecule has 0 unspecified atom stereocenters. The third-order valence-electron chi connectivity index (χ3n) is 6.94. The van der Waals surface area contributed by atoms with Crippen LogP contribution in [-0.4, -0.2) is 73.4 Å². The van der Waals surface area contributed by atoms with Gasteiger partial charge in [-0.1, -0.05) is 0 Å². The predicted octanol–water partition coefficient (Wildman–Crippen LogP) is 3.51. The number of carbonyl (C=O) groups is 1. The number of rotatable bonds is 6. The highest BCUT2D eigenvalue weighted by Gasteiger charge is 2.43. The quantitative estimate of drug-likeness (QED) is 0.441. The van der Waals surface area contributed by atoms with Gasteiger partial charge in [-0.3, -0.25) is 9.36 Å². The summed E-state index contributed by atoms with van der Waals surface area (Å²) < 4.78 is 49.5. The lowest BCUT2D eigenvalue weighted by atomic mass is 9.81. The van der Waals surface area contributed by atoms with Crippen molar-refractivity contribution in [3.8, 4) is 0 Å². The largest absolute Gasteiger partial charge is 0.380 e. The van der Waals surface area contributed by atoms with Crippen molar-refractivity contribution in [1.82, 2.24) is 24.4 Å². The predicted molar refractivity (Wildman–Crippen MR) is 134 cm³/mol. The van der Waals surface area contributed by atoms with Crippen LogP contribution in [0.15, 0.2) is 18.3 Å². The van der Waals surface area contributed by atoms with Crippen molar-refractivity contribution in [1.29, 1.82) is 0 Å². The van der Waals surface area contributed by atoms with E-state index in [1.54, 1.807) is 9.47 Å². The molecule has 1 aromatic carbocycles. The van der Waals surface area contributed by atoms with Crippen LogP contribution in [0.3, 0.4) is 0 Å². The van der Waals surface area contributed by atoms with E-state index in [9.17, 15) is 23.1 Å². The molecule has 1 saturated heterocycles. The summed E-state index contributed by atoms with van der Waals surface area (Å²) in [6.07, 6.45) is 2.66. The average Bonchev–Trinajstić information content (AvgIpc) is 3.23. The fourth-order valence-corrected chi connectivity index (χ4v) is 5.04. The Morgan fingerprint density at radius 2 is 1.79 bits per heavy atom. The number of nitrogens with one attached hydrogen (secondary N) is 2. The molecule has 0 bridgehead atoms. The summed E-state index contributed by atoms with van der Waals surface area (Å²) in [4.78, 5) is 28.1. The minimum Gasteiger partial charge on any atom is -0.380 e. The number of ether oxygens (including phenoxy) is 1. The van der Waals surface area contributed by atoms with Gasteiger partial charge in [0.1, 0.15) is 22.6 Å². The molecule has 1 aliphatic heterocycles. The van der Waals surface area contributed by atoms with Crippen molar-refractivity contribution in [2.24, 2.45) is 0 Å². The fourth-order valence-electron chi connectivity index (χ4n) is 5.04. The third kappa shape index (κ3) is 5.12. The lowest BCUT2D eigenvalue weighted by Crippen LogP contribution is -2.54. The molecule has 0 spiro atoms. The number of benzene rings is 1. The van der Waals surface area contributed by atoms with Crippen LogP contribution in [0.5, 0.6) is 0 Å². The van der Waals surface area contributed by atoms with E-state index in [2.05, 4.69) is 25.6 Å². The van der Waals surface area contributed by atoms with Gasteiger partial charge in [-0.2, -0.15) is 4.98 Å². The lowest BCUT2D eigenvalue weighted by Gasteiger charge is -2.39. The number of amides is 1. The molecule has 1 saturated carbocycles. The monoisotopic (exact) mass is 533 g/mol. The summed E-state index contributed by atoms with van der Waals surface area (Å²) in [7, 11) is 0. The Bertz CT molecular complexity index is 1310. The molecule has 204 valence electrons. The van der Waals surface area contributed by atoms with Crippen molar-refractivity contribution in [2.45, 2.75) is 57.2 Å². The SMILES string of the molecule is CC(C)Nc1ncc2nc(Nc3c(F)cc(F)cc3F)n(C3CCC(O)(C(=O)N4CCOCC4)CC3)c2n1. The summed E-state index contributed by atoms with van der Waals surface area (Å²) in [5.74, 6) is -3.11. The highest BCUT2D eigenvalue weighted by atomic mass is 19.1. The standard InChI is InChI=1S/C25H30F3N7O3/c1-14(2)30-23-29-13-19-21(33-23)35(24(31-19)32-20-17(27)11-15(26)12-18(20)28)16-3-5-25(37,6-4-16)22(36)34-7-9-38-10-8-34/h11-14,16,37H,3-10H2,1-2H3,(H,31,32)(H,29,30,33). The molecule has 0 radical (unpaired) electrons. The Labute approximate surface area is 217 Å². The number of carbonyl (C=O) groups excluding carboxylic acids is 1. The highest BCUT2D eigenvalue weighted by Crippen LogP contribution is 2.40. The summed E-state index contributed by atoms with van der Waals surface area (Å²) in [5.41, 5.74) is -1.25. The van der Waals surface area contributed by atoms with Crippen LogP contribution in [0.4, 0.5) is 30.8 Å². The van der Waals surface area contributed by atoms with Crippen LogP contribution in [0, 0.1) is 17.5 Å². The maximum absolute atomic E-state index is 14.5. The Morgan fingerprint density at radius 3 is 2.42 bits per heavy atom. The Morgan fingerprint density at radius 1 is 1.13 bits per heavy atom. The van der Waals surface area contributed by atoms with Gasteiger partial charge in [0.15, 0.2) is 17.3 Å². The van der Waals surface area contributed by atoms with Crippen LogP contribution in [-0.2, 0) is 9.53 Å². The molecule has 1 amide bonds. The smallest absolute Gasteiger partial charge is 0.254 e. The minimum absolute atomic E-state index is 0.0553. The second kappa shape index (κ2) is 10.4. The Kier molecular flexibility index (Phi) is 7.14. The summed E-state index contributed by atoms with van der Waals surface area (Å²) in [6.45, 7) is 5.61. The third-order valence-corrected chi connectivity index (χ3v) is 6.94. The Balaban J connectivity index is 1.48. The molecule has 3 heterocycles. The number of halogens is 3. The van der Waals surface area contributed by atoms with Crippen LogP contribution in [0.1, 0.15) is 45.6 Å². The first kappa shape index (κ1) is 26.2. The molecule has 13 heteroatoms. The van der Waals surface area contributed by atoms with Crippen molar-refractivity contribution in [3.05, 3.63) is 35.8 Å². The van der Waals surface area contributed by atoms with Gasteiger partial charge in [0.25, 0.3) is 5.91 Å². The summed E-state index contributed by atoms with van der Waals surface area (Å²) >= 11 is 0. The van der Waals surface area contributed by atoms with E-state index in [4.69, 9.17) is 4.74 Å². The molecule has 2 aliphatic rings. The van der Waals surface area contributed by atoms with E-state index in [0.29, 0.717) is 68.4 Å². The number of hydrogen-bond donors (Lipinski definition) is 3. The van der Waals surface area contributed by atoms with Crippen LogP contribution in [0.2, 0.25) is 0 Å². The fraction of sp³-hybridized carbons (Fsp3) is 0.520. The van der Waals surface area contributed by atoms with Gasteiger partial charge in [-0.25, -0.2) is 23.1 Å². The molecule has 3 N–H and O–H groups in total. The molecular formula is C25H30F3N7O3. The number of morpholine rings is 1. The van der Waals surface area contributed by atoms with Gasteiger partial charge in [0.2, 0.25) is 11.9 Å². The topological polar surface area (TPSA) is 117 Å². The van der Waals surface area contributed by atoms with E-state index in [-0.39, 0.29) is 36.8 Å². The van der Waals surface area contributed by atoms with E-state index in [0.717, 1.165) is 0 Å². The second-order valence-electron chi connectivity index (χ2n) is 10.0. The first-order valence-corrected chi connectivity index (χ1v) is 12.7. The van der Waals surface area contributed by atoms with E-state index in [1.165, 1.54) is 6.20 Å². The van der Waals surface area contributed by atoms with Crippen LogP contribution >= 0.6 is 0 Å². The lowest BCUT2D eigenvalue weighted by molar-refractivity contribution is -0.159. The van der Waals surface area contributed by atoms with Gasteiger partial charge in [0, 0.05) is 37.3 Å². The van der Waals surface area contributed by atoms with Gasteiger partial charge in [-0.05, 0) is 39.5 Å². The molecule has 2 aromatic heterocycles. The first-order valence-electron chi connectivity index (χ1n) is 12.7. The highest BCUT2D eigenvalue weighted by molar-refractivity contribution is 5.85. The molecule has 3 aromatic rings. The van der Waals surface area contributed by atoms with Gasteiger partial charge in [-0.15, -0.1) is 0 Å². The van der Waals surface area contributed by atoms with Crippen molar-refractivity contribution in [2.75, 3.05) is 36.9 Å². The molecule has 0 atom stereocenters. The number of hydrogen-bond acceptors (Lipinski definition) is 8. The zero-order chi connectivity index (χ0) is 27.0. The zero-order valence-corrected chi connectivity index (χ0v) is 21.2. The molecular weight excluding hydrogens is 503 g/mol.